The molecule has 0 radical (unpaired) electrons. The molecule has 110 valence electrons. The van der Waals surface area contributed by atoms with E-state index in [0.29, 0.717) is 12.3 Å². The van der Waals surface area contributed by atoms with E-state index in [0.717, 1.165) is 30.0 Å². The molecule has 0 saturated heterocycles. The molecule has 1 aromatic rings. The average molecular weight is 275 g/mol. The molecule has 1 aromatic carbocycles. The van der Waals surface area contributed by atoms with Gasteiger partial charge in [-0.3, -0.25) is 4.79 Å². The van der Waals surface area contributed by atoms with E-state index in [2.05, 4.69) is 12.2 Å². The maximum Gasteiger partial charge on any atom is 0.224 e. The van der Waals surface area contributed by atoms with E-state index in [1.165, 1.54) is 25.7 Å². The lowest BCUT2D eigenvalue weighted by atomic mass is 10.0. The topological polar surface area (TPSA) is 38.3 Å². The molecular weight excluding hydrogens is 250 g/mol. The van der Waals surface area contributed by atoms with E-state index in [-0.39, 0.29) is 5.91 Å². The molecule has 0 unspecified atom stereocenters. The van der Waals surface area contributed by atoms with Crippen LogP contribution in [-0.4, -0.2) is 12.5 Å². The third-order valence-corrected chi connectivity index (χ3v) is 3.89. The van der Waals surface area contributed by atoms with Gasteiger partial charge in [0.2, 0.25) is 5.91 Å². The lowest BCUT2D eigenvalue weighted by molar-refractivity contribution is -0.117. The van der Waals surface area contributed by atoms with E-state index in [4.69, 9.17) is 4.74 Å². The number of nitrogens with one attached hydrogen (secondary N) is 1. The minimum atomic E-state index is 0.141. The van der Waals surface area contributed by atoms with Crippen molar-refractivity contribution in [1.82, 2.24) is 0 Å². The first-order valence-electron chi connectivity index (χ1n) is 7.72. The number of hydrogen-bond donors (Lipinski definition) is 1. The van der Waals surface area contributed by atoms with Crippen molar-refractivity contribution in [2.45, 2.75) is 52.4 Å². The molecule has 1 amide bonds. The second-order valence-electron chi connectivity index (χ2n) is 5.73. The van der Waals surface area contributed by atoms with Gasteiger partial charge in [-0.1, -0.05) is 19.8 Å². The van der Waals surface area contributed by atoms with Crippen molar-refractivity contribution in [2.75, 3.05) is 11.9 Å². The highest BCUT2D eigenvalue weighted by Gasteiger charge is 2.18. The molecule has 1 aliphatic rings. The van der Waals surface area contributed by atoms with Crippen LogP contribution in [-0.2, 0) is 4.79 Å². The summed E-state index contributed by atoms with van der Waals surface area (Å²) >= 11 is 0. The SMILES string of the molecule is CCCOc1ccc(NC(=O)CC2CCCC2)c(C)c1. The molecule has 1 fully saturated rings. The Bertz CT molecular complexity index is 450. The summed E-state index contributed by atoms with van der Waals surface area (Å²) in [6, 6.07) is 5.85. The Morgan fingerprint density at radius 3 is 2.75 bits per heavy atom. The standard InChI is InChI=1S/C17H25NO2/c1-3-10-20-15-8-9-16(13(2)11-15)18-17(19)12-14-6-4-5-7-14/h8-9,11,14H,3-7,10,12H2,1-2H3,(H,18,19). The van der Waals surface area contributed by atoms with Crippen LogP contribution in [0, 0.1) is 12.8 Å². The third-order valence-electron chi connectivity index (χ3n) is 3.89. The molecule has 0 aromatic heterocycles. The summed E-state index contributed by atoms with van der Waals surface area (Å²) in [7, 11) is 0. The average Bonchev–Trinajstić information content (AvgIpc) is 2.92. The number of carbonyl (C=O) groups is 1. The highest BCUT2D eigenvalue weighted by atomic mass is 16.5. The maximum absolute atomic E-state index is 12.0. The summed E-state index contributed by atoms with van der Waals surface area (Å²) in [5.74, 6) is 1.60. The fourth-order valence-electron chi connectivity index (χ4n) is 2.76. The van der Waals surface area contributed by atoms with Gasteiger partial charge in [0.1, 0.15) is 5.75 Å². The minimum absolute atomic E-state index is 0.141. The number of rotatable bonds is 6. The van der Waals surface area contributed by atoms with Crippen LogP contribution >= 0.6 is 0 Å². The maximum atomic E-state index is 12.0. The molecule has 3 nitrogen and oxygen atoms in total. The molecule has 2 rings (SSSR count). The zero-order valence-electron chi connectivity index (χ0n) is 12.6. The first-order valence-corrected chi connectivity index (χ1v) is 7.72. The van der Waals surface area contributed by atoms with Crippen molar-refractivity contribution >= 4 is 11.6 Å². The largest absolute Gasteiger partial charge is 0.494 e. The van der Waals surface area contributed by atoms with E-state index < -0.39 is 0 Å². The van der Waals surface area contributed by atoms with Gasteiger partial charge in [0.25, 0.3) is 0 Å². The van der Waals surface area contributed by atoms with Gasteiger partial charge in [-0.25, -0.2) is 0 Å². The molecule has 20 heavy (non-hydrogen) atoms. The Morgan fingerprint density at radius 2 is 2.10 bits per heavy atom. The van der Waals surface area contributed by atoms with Crippen molar-refractivity contribution < 1.29 is 9.53 Å². The second-order valence-corrected chi connectivity index (χ2v) is 5.73. The van der Waals surface area contributed by atoms with Gasteiger partial charge >= 0.3 is 0 Å². The van der Waals surface area contributed by atoms with E-state index >= 15 is 0 Å². The Morgan fingerprint density at radius 1 is 1.35 bits per heavy atom. The van der Waals surface area contributed by atoms with Crippen molar-refractivity contribution in [3.05, 3.63) is 23.8 Å². The monoisotopic (exact) mass is 275 g/mol. The fourth-order valence-corrected chi connectivity index (χ4v) is 2.76. The number of anilines is 1. The van der Waals surface area contributed by atoms with Gasteiger partial charge in [-0.2, -0.15) is 0 Å². The van der Waals surface area contributed by atoms with Crippen LogP contribution < -0.4 is 10.1 Å². The molecule has 0 spiro atoms. The first kappa shape index (κ1) is 14.9. The zero-order chi connectivity index (χ0) is 14.4. The molecule has 3 heteroatoms. The van der Waals surface area contributed by atoms with Crippen LogP contribution in [0.5, 0.6) is 5.75 Å². The van der Waals surface area contributed by atoms with E-state index in [1.54, 1.807) is 0 Å². The number of carbonyl (C=O) groups excluding carboxylic acids is 1. The summed E-state index contributed by atoms with van der Waals surface area (Å²) in [6.07, 6.45) is 6.62. The molecule has 1 saturated carbocycles. The Hall–Kier alpha value is -1.51. The molecule has 0 bridgehead atoms. The number of hydrogen-bond acceptors (Lipinski definition) is 2. The molecule has 1 N–H and O–H groups in total. The predicted molar refractivity (Wildman–Crippen MR) is 82.2 cm³/mol. The Kier molecular flexibility index (Phi) is 5.45. The van der Waals surface area contributed by atoms with Crippen molar-refractivity contribution in [3.63, 3.8) is 0 Å². The number of benzene rings is 1. The van der Waals surface area contributed by atoms with Crippen LogP contribution in [0.25, 0.3) is 0 Å². The van der Waals surface area contributed by atoms with Gasteiger partial charge in [0.15, 0.2) is 0 Å². The highest BCUT2D eigenvalue weighted by Crippen LogP contribution is 2.28. The van der Waals surface area contributed by atoms with Crippen molar-refractivity contribution in [2.24, 2.45) is 5.92 Å². The van der Waals surface area contributed by atoms with Crippen LogP contribution in [0.2, 0.25) is 0 Å². The van der Waals surface area contributed by atoms with Crippen LogP contribution in [0.4, 0.5) is 5.69 Å². The molecule has 0 aliphatic heterocycles. The molecule has 0 heterocycles. The van der Waals surface area contributed by atoms with Crippen molar-refractivity contribution in [3.8, 4) is 5.75 Å². The Labute approximate surface area is 121 Å². The quantitative estimate of drug-likeness (QED) is 0.840. The summed E-state index contributed by atoms with van der Waals surface area (Å²) in [6.45, 7) is 4.82. The third kappa shape index (κ3) is 4.26. The van der Waals surface area contributed by atoms with Gasteiger partial charge < -0.3 is 10.1 Å². The summed E-state index contributed by atoms with van der Waals surface area (Å²) in [4.78, 5) is 12.0. The fraction of sp³-hybridized carbons (Fsp3) is 0.588. The molecular formula is C17H25NO2. The number of aryl methyl sites for hydroxylation is 1. The van der Waals surface area contributed by atoms with E-state index in [1.807, 2.05) is 25.1 Å². The van der Waals surface area contributed by atoms with Crippen LogP contribution in [0.15, 0.2) is 18.2 Å². The highest BCUT2D eigenvalue weighted by molar-refractivity contribution is 5.91. The van der Waals surface area contributed by atoms with Crippen molar-refractivity contribution in [1.29, 1.82) is 0 Å². The predicted octanol–water partition coefficient (Wildman–Crippen LogP) is 4.30. The normalized spacial score (nSPS) is 15.3. The number of amides is 1. The molecule has 1 aliphatic carbocycles. The lowest BCUT2D eigenvalue weighted by Crippen LogP contribution is -2.15. The summed E-state index contributed by atoms with van der Waals surface area (Å²) in [5.41, 5.74) is 1.95. The van der Waals surface area contributed by atoms with Crippen LogP contribution in [0.1, 0.15) is 51.0 Å². The van der Waals surface area contributed by atoms with Gasteiger partial charge in [0, 0.05) is 12.1 Å². The second kappa shape index (κ2) is 7.32. The summed E-state index contributed by atoms with van der Waals surface area (Å²) in [5, 5.41) is 3.03. The van der Waals surface area contributed by atoms with Crippen LogP contribution in [0.3, 0.4) is 0 Å². The van der Waals surface area contributed by atoms with Gasteiger partial charge in [-0.05, 0) is 55.9 Å². The van der Waals surface area contributed by atoms with Gasteiger partial charge in [-0.15, -0.1) is 0 Å². The smallest absolute Gasteiger partial charge is 0.224 e. The minimum Gasteiger partial charge on any atom is -0.494 e. The Balaban J connectivity index is 1.89. The zero-order valence-corrected chi connectivity index (χ0v) is 12.6. The van der Waals surface area contributed by atoms with Gasteiger partial charge in [0.05, 0.1) is 6.61 Å². The molecule has 0 atom stereocenters. The lowest BCUT2D eigenvalue weighted by Gasteiger charge is -2.13. The first-order chi connectivity index (χ1) is 9.69. The van der Waals surface area contributed by atoms with E-state index in [9.17, 15) is 4.79 Å². The summed E-state index contributed by atoms with van der Waals surface area (Å²) < 4.78 is 5.59. The number of ether oxygens (including phenoxy) is 1.